The van der Waals surface area contributed by atoms with Crippen molar-refractivity contribution in [1.29, 1.82) is 0 Å². The maximum Gasteiger partial charge on any atom is 0.267 e. The third kappa shape index (κ3) is 4.49. The Kier molecular flexibility index (Phi) is 5.70. The van der Waals surface area contributed by atoms with Gasteiger partial charge in [0.25, 0.3) is 11.8 Å². The molecule has 5 nitrogen and oxygen atoms in total. The molecule has 8 heteroatoms. The van der Waals surface area contributed by atoms with Crippen molar-refractivity contribution in [1.82, 2.24) is 4.98 Å². The molecule has 0 bridgehead atoms. The number of aryl methyl sites for hydroxylation is 1. The van der Waals surface area contributed by atoms with E-state index in [1.165, 1.54) is 0 Å². The fourth-order valence-corrected chi connectivity index (χ4v) is 3.40. The van der Waals surface area contributed by atoms with Gasteiger partial charge in [-0.25, -0.2) is 4.98 Å². The molecule has 132 valence electrons. The third-order valence-corrected chi connectivity index (χ3v) is 5.28. The summed E-state index contributed by atoms with van der Waals surface area (Å²) >= 11 is 10.3. The van der Waals surface area contributed by atoms with Crippen LogP contribution in [0.2, 0.25) is 5.02 Å². The van der Waals surface area contributed by atoms with E-state index in [4.69, 9.17) is 11.6 Å². The minimum atomic E-state index is -0.286. The Morgan fingerprint density at radius 1 is 1.00 bits per heavy atom. The van der Waals surface area contributed by atoms with Gasteiger partial charge in [-0.15, -0.1) is 0 Å². The minimum absolute atomic E-state index is 0.282. The smallest absolute Gasteiger partial charge is 0.267 e. The first-order valence-electron chi connectivity index (χ1n) is 7.53. The zero-order valence-corrected chi connectivity index (χ0v) is 16.7. The number of thiazole rings is 1. The molecular formula is C18H13BrClN3O2S. The zero-order valence-electron chi connectivity index (χ0n) is 13.5. The maximum atomic E-state index is 12.4. The van der Waals surface area contributed by atoms with Crippen LogP contribution in [0, 0.1) is 6.92 Å². The average molecular weight is 451 g/mol. The van der Waals surface area contributed by atoms with E-state index >= 15 is 0 Å². The molecule has 0 spiro atoms. The normalized spacial score (nSPS) is 10.4. The van der Waals surface area contributed by atoms with Crippen LogP contribution in [0.3, 0.4) is 0 Å². The Hall–Kier alpha value is -2.22. The number of halogens is 2. The molecule has 0 saturated heterocycles. The van der Waals surface area contributed by atoms with E-state index in [-0.39, 0.29) is 11.8 Å². The highest BCUT2D eigenvalue weighted by atomic mass is 79.9. The number of carbonyl (C=O) groups is 2. The molecule has 0 fully saturated rings. The molecular weight excluding hydrogens is 438 g/mol. The van der Waals surface area contributed by atoms with Gasteiger partial charge in [-0.1, -0.05) is 38.9 Å². The SMILES string of the molecule is Cc1nc(NC(=O)c2ccc(Br)cc2)sc1C(=O)Nc1ccc(Cl)cc1. The molecule has 26 heavy (non-hydrogen) atoms. The first-order chi connectivity index (χ1) is 12.4. The summed E-state index contributed by atoms with van der Waals surface area (Å²) in [4.78, 5) is 29.4. The Balaban J connectivity index is 1.71. The second kappa shape index (κ2) is 7.99. The van der Waals surface area contributed by atoms with Crippen molar-refractivity contribution >= 4 is 61.5 Å². The molecule has 2 N–H and O–H groups in total. The highest BCUT2D eigenvalue weighted by molar-refractivity contribution is 9.10. The zero-order chi connectivity index (χ0) is 18.7. The van der Waals surface area contributed by atoms with Crippen molar-refractivity contribution in [2.24, 2.45) is 0 Å². The highest BCUT2D eigenvalue weighted by Gasteiger charge is 2.17. The van der Waals surface area contributed by atoms with Gasteiger partial charge in [0.05, 0.1) is 5.69 Å². The molecule has 0 aliphatic carbocycles. The Bertz CT molecular complexity index is 956. The van der Waals surface area contributed by atoms with Gasteiger partial charge in [-0.05, 0) is 55.5 Å². The molecule has 0 unspecified atom stereocenters. The fraction of sp³-hybridized carbons (Fsp3) is 0.0556. The van der Waals surface area contributed by atoms with Gasteiger partial charge in [-0.2, -0.15) is 0 Å². The van der Waals surface area contributed by atoms with Crippen LogP contribution in [-0.2, 0) is 0 Å². The lowest BCUT2D eigenvalue weighted by Gasteiger charge is -2.03. The van der Waals surface area contributed by atoms with E-state index in [1.807, 2.05) is 0 Å². The first kappa shape index (κ1) is 18.6. The molecule has 0 radical (unpaired) electrons. The summed E-state index contributed by atoms with van der Waals surface area (Å²) in [7, 11) is 0. The molecule has 2 amide bonds. The summed E-state index contributed by atoms with van der Waals surface area (Å²) in [6, 6.07) is 13.8. The molecule has 0 aliphatic rings. The predicted molar refractivity (Wildman–Crippen MR) is 108 cm³/mol. The molecule has 3 rings (SSSR count). The lowest BCUT2D eigenvalue weighted by Crippen LogP contribution is -2.11. The number of hydrogen-bond donors (Lipinski definition) is 2. The Labute approximate surface area is 167 Å². The van der Waals surface area contributed by atoms with E-state index < -0.39 is 0 Å². The van der Waals surface area contributed by atoms with Gasteiger partial charge in [0, 0.05) is 20.7 Å². The van der Waals surface area contributed by atoms with Crippen LogP contribution in [0.4, 0.5) is 10.8 Å². The summed E-state index contributed by atoms with van der Waals surface area (Å²) in [5.41, 5.74) is 1.69. The molecule has 2 aromatic carbocycles. The third-order valence-electron chi connectivity index (χ3n) is 3.43. The van der Waals surface area contributed by atoms with Crippen molar-refractivity contribution in [3.63, 3.8) is 0 Å². The van der Waals surface area contributed by atoms with Gasteiger partial charge in [0.15, 0.2) is 5.13 Å². The Morgan fingerprint density at radius 3 is 2.31 bits per heavy atom. The van der Waals surface area contributed by atoms with Gasteiger partial charge in [0.1, 0.15) is 4.88 Å². The Morgan fingerprint density at radius 2 is 1.65 bits per heavy atom. The summed E-state index contributed by atoms with van der Waals surface area (Å²) in [6.45, 7) is 1.72. The van der Waals surface area contributed by atoms with Gasteiger partial charge in [-0.3, -0.25) is 14.9 Å². The van der Waals surface area contributed by atoms with E-state index in [9.17, 15) is 9.59 Å². The van der Waals surface area contributed by atoms with Crippen molar-refractivity contribution < 1.29 is 9.59 Å². The van der Waals surface area contributed by atoms with Crippen molar-refractivity contribution in [2.45, 2.75) is 6.92 Å². The highest BCUT2D eigenvalue weighted by Crippen LogP contribution is 2.25. The number of anilines is 2. The predicted octanol–water partition coefficient (Wildman–Crippen LogP) is 5.37. The topological polar surface area (TPSA) is 71.1 Å². The quantitative estimate of drug-likeness (QED) is 0.561. The minimum Gasteiger partial charge on any atom is -0.321 e. The monoisotopic (exact) mass is 449 g/mol. The molecule has 3 aromatic rings. The standard InChI is InChI=1S/C18H13BrClN3O2S/c1-10-15(17(25)22-14-8-6-13(20)7-9-14)26-18(21-10)23-16(24)11-2-4-12(19)5-3-11/h2-9H,1H3,(H,22,25)(H,21,23,24). The van der Waals surface area contributed by atoms with Crippen molar-refractivity contribution in [3.8, 4) is 0 Å². The number of nitrogens with one attached hydrogen (secondary N) is 2. The number of benzene rings is 2. The summed E-state index contributed by atoms with van der Waals surface area (Å²) in [6.07, 6.45) is 0. The van der Waals surface area contributed by atoms with E-state index in [0.717, 1.165) is 15.8 Å². The number of aromatic nitrogens is 1. The van der Waals surface area contributed by atoms with Crippen molar-refractivity contribution in [2.75, 3.05) is 10.6 Å². The number of amides is 2. The van der Waals surface area contributed by atoms with Gasteiger partial charge >= 0.3 is 0 Å². The maximum absolute atomic E-state index is 12.4. The summed E-state index contributed by atoms with van der Waals surface area (Å²) < 4.78 is 0.889. The average Bonchev–Trinajstić information content (AvgIpc) is 2.98. The van der Waals surface area contributed by atoms with Crippen LogP contribution in [0.25, 0.3) is 0 Å². The van der Waals surface area contributed by atoms with E-state index in [2.05, 4.69) is 31.5 Å². The molecule has 0 atom stereocenters. The van der Waals surface area contributed by atoms with Crippen LogP contribution >= 0.6 is 38.9 Å². The molecule has 1 aromatic heterocycles. The largest absolute Gasteiger partial charge is 0.321 e. The van der Waals surface area contributed by atoms with Gasteiger partial charge in [0.2, 0.25) is 0 Å². The van der Waals surface area contributed by atoms with Gasteiger partial charge < -0.3 is 5.32 Å². The number of hydrogen-bond acceptors (Lipinski definition) is 4. The van der Waals surface area contributed by atoms with Crippen LogP contribution < -0.4 is 10.6 Å². The van der Waals surface area contributed by atoms with Crippen molar-refractivity contribution in [3.05, 3.63) is 74.2 Å². The lowest BCUT2D eigenvalue weighted by atomic mass is 10.2. The fourth-order valence-electron chi connectivity index (χ4n) is 2.15. The second-order valence-electron chi connectivity index (χ2n) is 5.36. The summed E-state index contributed by atoms with van der Waals surface area (Å²) in [5.74, 6) is -0.567. The lowest BCUT2D eigenvalue weighted by molar-refractivity contribution is 0.102. The van der Waals surface area contributed by atoms with Crippen LogP contribution in [0.5, 0.6) is 0 Å². The first-order valence-corrected chi connectivity index (χ1v) is 9.52. The number of nitrogens with zero attached hydrogens (tertiary/aromatic N) is 1. The van der Waals surface area contributed by atoms with Crippen LogP contribution in [-0.4, -0.2) is 16.8 Å². The molecule has 1 heterocycles. The number of rotatable bonds is 4. The molecule has 0 saturated carbocycles. The van der Waals surface area contributed by atoms with E-state index in [1.54, 1.807) is 55.5 Å². The second-order valence-corrected chi connectivity index (χ2v) is 7.71. The van der Waals surface area contributed by atoms with Crippen LogP contribution in [0.15, 0.2) is 53.0 Å². The number of carbonyl (C=O) groups excluding carboxylic acids is 2. The van der Waals surface area contributed by atoms with E-state index in [0.29, 0.717) is 32.0 Å². The molecule has 0 aliphatic heterocycles. The van der Waals surface area contributed by atoms with Crippen LogP contribution in [0.1, 0.15) is 25.7 Å². The summed E-state index contributed by atoms with van der Waals surface area (Å²) in [5, 5.41) is 6.47.